The van der Waals surface area contributed by atoms with Crippen LogP contribution in [0.25, 0.3) is 0 Å². The Kier molecular flexibility index (Phi) is 24.0. The number of aliphatic hydroxyl groups is 3. The molecule has 0 aliphatic heterocycles. The van der Waals surface area contributed by atoms with Crippen molar-refractivity contribution in [2.45, 2.75) is 95.8 Å². The van der Waals surface area contributed by atoms with E-state index in [0.717, 1.165) is 18.2 Å². The highest BCUT2D eigenvalue weighted by atomic mass is 32.2. The van der Waals surface area contributed by atoms with Crippen molar-refractivity contribution < 1.29 is 77.6 Å². The maximum Gasteiger partial charge on any atom is 0.241 e. The van der Waals surface area contributed by atoms with Crippen LogP contribution in [0.15, 0.2) is 136 Å². The van der Waals surface area contributed by atoms with Crippen molar-refractivity contribution in [1.82, 2.24) is 18.9 Å². The fraction of sp³-hybridized carbons (Fsp3) is 0.278. The molecular weight excluding hydrogens is 1380 g/mol. The number of fused-ring (bicyclic) bond motifs is 4. The largest absolute Gasteiger partial charge is 0.455 e. The predicted molar refractivity (Wildman–Crippen MR) is 388 cm³/mol. The van der Waals surface area contributed by atoms with Crippen LogP contribution >= 0.6 is 0 Å². The van der Waals surface area contributed by atoms with Crippen molar-refractivity contribution in [3.63, 3.8) is 0 Å². The number of aliphatic hydroxyl groups excluding tert-OH is 3. The van der Waals surface area contributed by atoms with E-state index in [-0.39, 0.29) is 137 Å². The van der Waals surface area contributed by atoms with Gasteiger partial charge in [0.2, 0.25) is 40.1 Å². The molecule has 101 heavy (non-hydrogen) atoms. The zero-order valence-corrected chi connectivity index (χ0v) is 60.8. The molecule has 0 aromatic heterocycles. The fourth-order valence-corrected chi connectivity index (χ4v) is 16.4. The van der Waals surface area contributed by atoms with Crippen LogP contribution in [-0.2, 0) is 45.5 Å². The van der Waals surface area contributed by atoms with Gasteiger partial charge in [0.15, 0.2) is 34.6 Å². The molecular formula is C72H82N8O17S4. The molecule has 0 spiro atoms. The van der Waals surface area contributed by atoms with Gasteiger partial charge in [-0.2, -0.15) is 0 Å². The molecule has 0 heterocycles. The summed E-state index contributed by atoms with van der Waals surface area (Å²) in [6, 6.07) is 32.2. The summed E-state index contributed by atoms with van der Waals surface area (Å²) in [7, 11) is -14.8. The number of hydrogen-bond donors (Lipinski definition) is 11. The minimum atomic E-state index is -4.04. The number of aryl methyl sites for hydroxylation is 4. The number of ether oxygens (including phenoxy) is 2. The summed E-state index contributed by atoms with van der Waals surface area (Å²) < 4.78 is 120. The molecule has 29 heteroatoms. The number of nitrogen functional groups attached to an aromatic ring is 2. The van der Waals surface area contributed by atoms with Crippen molar-refractivity contribution >= 4 is 97.4 Å². The van der Waals surface area contributed by atoms with Crippen molar-refractivity contribution in [3.05, 3.63) is 205 Å². The van der Waals surface area contributed by atoms with Crippen LogP contribution in [0.1, 0.15) is 137 Å². The molecule has 25 nitrogen and oxygen atoms in total. The van der Waals surface area contributed by atoms with E-state index in [1.807, 2.05) is 38.1 Å². The Labute approximate surface area is 588 Å². The second-order valence-electron chi connectivity index (χ2n) is 25.0. The second kappa shape index (κ2) is 31.3. The summed E-state index contributed by atoms with van der Waals surface area (Å²) in [5, 5.41) is 33.9. The zero-order valence-electron chi connectivity index (χ0n) is 57.5. The molecule has 8 aromatic carbocycles. The molecule has 8 aromatic rings. The van der Waals surface area contributed by atoms with Gasteiger partial charge in [-0.25, -0.2) is 52.6 Å². The standard InChI is InChI=1S/C35H37N3O6S.C33H34N4O9S2.C4H11NO2S/c1-19-17-20(2)34(45(42,43)37-15-16-39)21(3)31(19)38-26-18-27(44-23-13-11-22(12-14-23)35(4,5)6)30(36)29-28(26)32(40)24-9-7-8-10-25(24)33(29)41;1-18-16-19(2)33(48(44,45)36-13-15-39)20(3)30(18)37-25-17-26(46-21-8-10-22(11-9-21)47(42,43)35-12-14-38)29(34)28-27(25)31(40)23-6-4-5-7-24(23)32(28)41;1-3-4-5-8(2,6)7/h7-14,17-18,37-39H,15-16,36H2,1-6H3;4-11,16-17,35-39H,12-15,34H2,1-3H3;5H,3-4H2,1-2H3. The summed E-state index contributed by atoms with van der Waals surface area (Å²) in [5.41, 5.74) is 19.1. The Balaban J connectivity index is 0.000000232. The van der Waals surface area contributed by atoms with Gasteiger partial charge in [-0.15, -0.1) is 0 Å². The zero-order chi connectivity index (χ0) is 74.4. The van der Waals surface area contributed by atoms with Crippen molar-refractivity contribution in [2.24, 2.45) is 0 Å². The van der Waals surface area contributed by atoms with E-state index in [9.17, 15) is 63.1 Å². The lowest BCUT2D eigenvalue weighted by molar-refractivity contribution is 0.0980. The SMILES string of the molecule is CCCNS(C)(=O)=O.Cc1cc(C)c(S(=O)(=O)NCCO)c(C)c1Nc1cc(Oc2ccc(C(C)(C)C)cc2)c(N)c2c1C(=O)c1ccccc1C2=O.Cc1cc(C)c(S(=O)(=O)NCCO)c(C)c1Nc1cc(Oc2ccc(S(=O)(=O)NCCO)cc2)c(N)c2c1C(=O)c1ccccc1C2=O. The predicted octanol–water partition coefficient (Wildman–Crippen LogP) is 9.07. The van der Waals surface area contributed by atoms with Gasteiger partial charge in [-0.1, -0.05) is 100 Å². The van der Waals surface area contributed by atoms with Gasteiger partial charge in [0.25, 0.3) is 0 Å². The molecule has 536 valence electrons. The van der Waals surface area contributed by atoms with Gasteiger partial charge in [0.05, 0.1) is 85.8 Å². The first-order valence-electron chi connectivity index (χ1n) is 31.8. The number of sulfonamides is 4. The highest BCUT2D eigenvalue weighted by Crippen LogP contribution is 2.47. The molecule has 2 aliphatic rings. The molecule has 2 aliphatic carbocycles. The third-order valence-corrected chi connectivity index (χ3v) is 22.1. The number of nitrogens with one attached hydrogen (secondary N) is 6. The Morgan fingerprint density at radius 1 is 0.436 bits per heavy atom. The van der Waals surface area contributed by atoms with Gasteiger partial charge < -0.3 is 46.9 Å². The maximum absolute atomic E-state index is 14.0. The number of carbonyl (C=O) groups excluding carboxylic acids is 4. The molecule has 0 saturated carbocycles. The average molecular weight is 1460 g/mol. The van der Waals surface area contributed by atoms with Gasteiger partial charge in [0, 0.05) is 71.9 Å². The van der Waals surface area contributed by atoms with E-state index < -0.39 is 69.8 Å². The summed E-state index contributed by atoms with van der Waals surface area (Å²) in [6.45, 7) is 17.3. The topological polar surface area (TPSA) is 408 Å². The number of anilines is 6. The summed E-state index contributed by atoms with van der Waals surface area (Å²) in [6.07, 6.45) is 2.00. The lowest BCUT2D eigenvalue weighted by Crippen LogP contribution is -2.28. The normalized spacial score (nSPS) is 12.8. The van der Waals surface area contributed by atoms with Crippen LogP contribution in [-0.4, -0.2) is 124 Å². The van der Waals surface area contributed by atoms with Crippen LogP contribution in [0, 0.1) is 41.5 Å². The number of nitrogens with two attached hydrogens (primary N) is 2. The quantitative estimate of drug-likeness (QED) is 0.0266. The highest BCUT2D eigenvalue weighted by Gasteiger charge is 2.38. The van der Waals surface area contributed by atoms with E-state index in [1.54, 1.807) is 89.2 Å². The van der Waals surface area contributed by atoms with Crippen LogP contribution in [0.5, 0.6) is 23.0 Å². The molecule has 0 radical (unpaired) electrons. The number of ketones is 4. The molecule has 13 N–H and O–H groups in total. The van der Waals surface area contributed by atoms with Crippen molar-refractivity contribution in [2.75, 3.05) is 74.4 Å². The number of benzene rings is 8. The summed E-state index contributed by atoms with van der Waals surface area (Å²) in [5.74, 6) is -1.01. The molecule has 0 unspecified atom stereocenters. The molecule has 10 rings (SSSR count). The third kappa shape index (κ3) is 17.1. The maximum atomic E-state index is 14.0. The summed E-state index contributed by atoms with van der Waals surface area (Å²) >= 11 is 0. The van der Waals surface area contributed by atoms with E-state index in [1.165, 1.54) is 42.5 Å². The van der Waals surface area contributed by atoms with E-state index in [4.69, 9.17) is 26.0 Å². The van der Waals surface area contributed by atoms with Crippen LogP contribution < -0.4 is 50.5 Å². The highest BCUT2D eigenvalue weighted by molar-refractivity contribution is 7.90. The van der Waals surface area contributed by atoms with Gasteiger partial charge in [-0.3, -0.25) is 19.2 Å². The first-order chi connectivity index (χ1) is 47.4. The minimum Gasteiger partial charge on any atom is -0.455 e. The van der Waals surface area contributed by atoms with Crippen LogP contribution in [0.3, 0.4) is 0 Å². The van der Waals surface area contributed by atoms with Gasteiger partial charge in [0.1, 0.15) is 11.5 Å². The van der Waals surface area contributed by atoms with Crippen molar-refractivity contribution in [1.29, 1.82) is 0 Å². The second-order valence-corrected chi connectivity index (χ2v) is 32.0. The van der Waals surface area contributed by atoms with Gasteiger partial charge in [-0.05, 0) is 129 Å². The smallest absolute Gasteiger partial charge is 0.241 e. The van der Waals surface area contributed by atoms with E-state index >= 15 is 0 Å². The Morgan fingerprint density at radius 2 is 0.772 bits per heavy atom. The van der Waals surface area contributed by atoms with Crippen molar-refractivity contribution in [3.8, 4) is 23.0 Å². The van der Waals surface area contributed by atoms with E-state index in [2.05, 4.69) is 50.3 Å². The molecule has 0 bridgehead atoms. The number of rotatable bonds is 23. The van der Waals surface area contributed by atoms with Gasteiger partial charge >= 0.3 is 0 Å². The average Bonchev–Trinajstić information content (AvgIpc) is 0.736. The van der Waals surface area contributed by atoms with E-state index in [0.29, 0.717) is 57.0 Å². The fourth-order valence-electron chi connectivity index (χ4n) is 11.8. The third-order valence-electron chi connectivity index (χ3n) is 16.4. The minimum absolute atomic E-state index is 0.0129. The molecule has 0 amide bonds. The molecule has 0 atom stereocenters. The lowest BCUT2D eigenvalue weighted by atomic mass is 9.82. The first-order valence-corrected chi connectivity index (χ1v) is 38.1. The first kappa shape index (κ1) is 77.5. The Bertz CT molecular complexity index is 5060. The Hall–Kier alpha value is -9.24. The monoisotopic (exact) mass is 1460 g/mol. The molecule has 0 fully saturated rings. The number of carbonyl (C=O) groups is 4. The Morgan fingerprint density at radius 3 is 1.09 bits per heavy atom. The van der Waals surface area contributed by atoms with Crippen LogP contribution in [0.4, 0.5) is 34.1 Å². The van der Waals surface area contributed by atoms with Crippen LogP contribution in [0.2, 0.25) is 0 Å². The summed E-state index contributed by atoms with van der Waals surface area (Å²) in [4.78, 5) is 55.6. The lowest BCUT2D eigenvalue weighted by Gasteiger charge is -2.26. The number of hydrogen-bond acceptors (Lipinski definition) is 21. The molecule has 0 saturated heterocycles.